The third-order valence-electron chi connectivity index (χ3n) is 2.93. The van der Waals surface area contributed by atoms with Crippen molar-refractivity contribution in [2.45, 2.75) is 19.4 Å². The van der Waals surface area contributed by atoms with E-state index in [1.807, 2.05) is 11.4 Å². The number of aromatic nitrogens is 2. The predicted octanol–water partition coefficient (Wildman–Crippen LogP) is 3.41. The molecule has 0 bridgehead atoms. The maximum Gasteiger partial charge on any atom is 0.240 e. The number of halogens is 1. The molecule has 1 N–H and O–H groups in total. The number of ether oxygens (including phenoxy) is 2. The van der Waals surface area contributed by atoms with Gasteiger partial charge in [0.05, 0.1) is 26.5 Å². The lowest BCUT2D eigenvalue weighted by Gasteiger charge is -2.19. The van der Waals surface area contributed by atoms with Gasteiger partial charge >= 0.3 is 0 Å². The molecule has 0 fully saturated rings. The summed E-state index contributed by atoms with van der Waals surface area (Å²) in [5.41, 5.74) is 0.759. The number of nitrogens with zero attached hydrogens (tertiary/aromatic N) is 2. The van der Waals surface area contributed by atoms with Crippen molar-refractivity contribution in [2.24, 2.45) is 0 Å². The summed E-state index contributed by atoms with van der Waals surface area (Å²) in [5.74, 6) is 0.915. The summed E-state index contributed by atoms with van der Waals surface area (Å²) >= 11 is 5.26. The summed E-state index contributed by atoms with van der Waals surface area (Å²) in [6.07, 6.45) is 2.64. The van der Waals surface area contributed by atoms with Gasteiger partial charge in [-0.05, 0) is 40.3 Å². The molecular formula is C14H18BrN3O2S. The maximum absolute atomic E-state index is 5.38. The highest BCUT2D eigenvalue weighted by Crippen LogP contribution is 2.35. The van der Waals surface area contributed by atoms with E-state index < -0.39 is 0 Å². The Labute approximate surface area is 136 Å². The molecule has 0 aliphatic heterocycles. The number of thiophene rings is 1. The van der Waals surface area contributed by atoms with Crippen LogP contribution in [0.5, 0.6) is 11.8 Å². The van der Waals surface area contributed by atoms with Crippen LogP contribution in [0, 0.1) is 0 Å². The molecular weight excluding hydrogens is 354 g/mol. The Hall–Kier alpha value is -1.18. The van der Waals surface area contributed by atoms with Crippen LogP contribution in [0.15, 0.2) is 22.1 Å². The van der Waals surface area contributed by atoms with Gasteiger partial charge in [-0.3, -0.25) is 0 Å². The molecule has 2 rings (SSSR count). The number of methoxy groups -OCH3 is 2. The molecule has 2 aromatic rings. The summed E-state index contributed by atoms with van der Waals surface area (Å²) in [6.45, 7) is 3.01. The average Bonchev–Trinajstić information content (AvgIpc) is 2.94. The van der Waals surface area contributed by atoms with E-state index in [2.05, 4.69) is 38.1 Å². The average molecular weight is 372 g/mol. The van der Waals surface area contributed by atoms with Crippen LogP contribution < -0.4 is 14.8 Å². The van der Waals surface area contributed by atoms with Gasteiger partial charge in [0.25, 0.3) is 0 Å². The molecule has 1 unspecified atom stereocenters. The highest BCUT2D eigenvalue weighted by atomic mass is 79.9. The van der Waals surface area contributed by atoms with Crippen molar-refractivity contribution in [1.82, 2.24) is 15.3 Å². The Balaban J connectivity index is 2.43. The molecule has 5 nitrogen and oxygen atoms in total. The lowest BCUT2D eigenvalue weighted by Crippen LogP contribution is -2.24. The van der Waals surface area contributed by atoms with Crippen LogP contribution in [0.4, 0.5) is 0 Å². The Bertz CT molecular complexity index is 591. The van der Waals surface area contributed by atoms with Gasteiger partial charge in [0, 0.05) is 9.35 Å². The minimum absolute atomic E-state index is 0.0623. The molecule has 2 aromatic heterocycles. The Morgan fingerprint density at radius 2 is 2.19 bits per heavy atom. The fourth-order valence-corrected chi connectivity index (χ4v) is 3.61. The summed E-state index contributed by atoms with van der Waals surface area (Å²) in [4.78, 5) is 9.96. The van der Waals surface area contributed by atoms with Gasteiger partial charge in [-0.1, -0.05) is 6.92 Å². The topological polar surface area (TPSA) is 56.3 Å². The normalized spacial score (nSPS) is 12.2. The van der Waals surface area contributed by atoms with E-state index in [0.717, 1.165) is 28.0 Å². The van der Waals surface area contributed by atoms with Crippen LogP contribution in [0.3, 0.4) is 0 Å². The van der Waals surface area contributed by atoms with Gasteiger partial charge in [0.1, 0.15) is 5.69 Å². The van der Waals surface area contributed by atoms with Crippen LogP contribution in [0.25, 0.3) is 0 Å². The molecule has 0 saturated carbocycles. The molecule has 0 amide bonds. The largest absolute Gasteiger partial charge is 0.480 e. The van der Waals surface area contributed by atoms with Crippen molar-refractivity contribution in [2.75, 3.05) is 20.8 Å². The van der Waals surface area contributed by atoms with E-state index in [0.29, 0.717) is 11.8 Å². The summed E-state index contributed by atoms with van der Waals surface area (Å²) in [5, 5.41) is 5.54. The van der Waals surface area contributed by atoms with Crippen molar-refractivity contribution in [3.8, 4) is 11.8 Å². The fourth-order valence-electron chi connectivity index (χ4n) is 1.93. The molecule has 114 valence electrons. The fraction of sp³-hybridized carbons (Fsp3) is 0.429. The van der Waals surface area contributed by atoms with Crippen LogP contribution in [0.1, 0.15) is 30.0 Å². The van der Waals surface area contributed by atoms with E-state index in [1.54, 1.807) is 31.8 Å². The lowest BCUT2D eigenvalue weighted by atomic mass is 10.1. The van der Waals surface area contributed by atoms with Crippen LogP contribution >= 0.6 is 27.3 Å². The molecule has 0 saturated heterocycles. The molecule has 0 aromatic carbocycles. The van der Waals surface area contributed by atoms with Crippen molar-refractivity contribution >= 4 is 27.3 Å². The second kappa shape index (κ2) is 7.72. The van der Waals surface area contributed by atoms with Gasteiger partial charge in [-0.25, -0.2) is 4.98 Å². The van der Waals surface area contributed by atoms with Gasteiger partial charge in [-0.15, -0.1) is 11.3 Å². The quantitative estimate of drug-likeness (QED) is 0.807. The zero-order valence-electron chi connectivity index (χ0n) is 12.2. The minimum atomic E-state index is -0.0623. The van der Waals surface area contributed by atoms with E-state index >= 15 is 0 Å². The van der Waals surface area contributed by atoms with Crippen LogP contribution in [-0.4, -0.2) is 30.7 Å². The van der Waals surface area contributed by atoms with Gasteiger partial charge < -0.3 is 14.8 Å². The number of rotatable bonds is 7. The molecule has 0 spiro atoms. The van der Waals surface area contributed by atoms with E-state index in [9.17, 15) is 0 Å². The number of hydrogen-bond acceptors (Lipinski definition) is 6. The molecule has 2 heterocycles. The van der Waals surface area contributed by atoms with Gasteiger partial charge in [0.15, 0.2) is 0 Å². The van der Waals surface area contributed by atoms with E-state index in [4.69, 9.17) is 9.47 Å². The van der Waals surface area contributed by atoms with Crippen molar-refractivity contribution in [3.05, 3.63) is 32.7 Å². The van der Waals surface area contributed by atoms with E-state index in [-0.39, 0.29) is 6.04 Å². The van der Waals surface area contributed by atoms with Gasteiger partial charge in [0.2, 0.25) is 11.8 Å². The Morgan fingerprint density at radius 3 is 2.76 bits per heavy atom. The molecule has 0 radical (unpaired) electrons. The highest BCUT2D eigenvalue weighted by molar-refractivity contribution is 9.10. The molecule has 0 aliphatic rings. The molecule has 7 heteroatoms. The monoisotopic (exact) mass is 371 g/mol. The molecule has 0 aliphatic carbocycles. The third kappa shape index (κ3) is 3.72. The first-order valence-electron chi connectivity index (χ1n) is 6.62. The third-order valence-corrected chi connectivity index (χ3v) is 4.86. The number of hydrogen-bond donors (Lipinski definition) is 1. The lowest BCUT2D eigenvalue weighted by molar-refractivity contribution is 0.352. The zero-order valence-corrected chi connectivity index (χ0v) is 14.6. The SMILES string of the molecule is CCCNC(c1ncc(OC)nc1OC)c1sccc1Br. The molecule has 1 atom stereocenters. The van der Waals surface area contributed by atoms with Crippen LogP contribution in [0.2, 0.25) is 0 Å². The summed E-state index contributed by atoms with van der Waals surface area (Å²) < 4.78 is 11.5. The van der Waals surface area contributed by atoms with Crippen molar-refractivity contribution in [3.63, 3.8) is 0 Å². The smallest absolute Gasteiger partial charge is 0.240 e. The zero-order chi connectivity index (χ0) is 15.2. The standard InChI is InChI=1S/C14H18BrN3O2S/c1-4-6-16-11(13-9(15)5-7-21-13)12-14(20-3)18-10(19-2)8-17-12/h5,7-8,11,16H,4,6H2,1-3H3. The Kier molecular flexibility index (Phi) is 5.96. The van der Waals surface area contributed by atoms with E-state index in [1.165, 1.54) is 0 Å². The highest BCUT2D eigenvalue weighted by Gasteiger charge is 2.24. The van der Waals surface area contributed by atoms with Crippen molar-refractivity contribution < 1.29 is 9.47 Å². The second-order valence-electron chi connectivity index (χ2n) is 4.33. The first kappa shape index (κ1) is 16.2. The first-order chi connectivity index (χ1) is 10.2. The predicted molar refractivity (Wildman–Crippen MR) is 87.3 cm³/mol. The summed E-state index contributed by atoms with van der Waals surface area (Å²) in [6, 6.07) is 1.97. The second-order valence-corrected chi connectivity index (χ2v) is 6.13. The van der Waals surface area contributed by atoms with Crippen molar-refractivity contribution in [1.29, 1.82) is 0 Å². The molecule has 21 heavy (non-hydrogen) atoms. The maximum atomic E-state index is 5.38. The Morgan fingerprint density at radius 1 is 1.38 bits per heavy atom. The van der Waals surface area contributed by atoms with Gasteiger partial charge in [-0.2, -0.15) is 4.98 Å². The van der Waals surface area contributed by atoms with Crippen LogP contribution in [-0.2, 0) is 0 Å². The number of nitrogens with one attached hydrogen (secondary N) is 1. The minimum Gasteiger partial charge on any atom is -0.480 e. The summed E-state index contributed by atoms with van der Waals surface area (Å²) in [7, 11) is 3.15. The first-order valence-corrected chi connectivity index (χ1v) is 8.29.